The van der Waals surface area contributed by atoms with E-state index in [4.69, 9.17) is 0 Å². The molecule has 4 nitrogen and oxygen atoms in total. The number of amides is 1. The van der Waals surface area contributed by atoms with E-state index in [1.807, 2.05) is 24.7 Å². The van der Waals surface area contributed by atoms with Gasteiger partial charge in [-0.05, 0) is 25.3 Å². The van der Waals surface area contributed by atoms with Gasteiger partial charge < -0.3 is 5.32 Å². The summed E-state index contributed by atoms with van der Waals surface area (Å²) >= 11 is 0. The van der Waals surface area contributed by atoms with E-state index < -0.39 is 0 Å². The molecule has 1 aromatic rings. The molecule has 0 aromatic carbocycles. The van der Waals surface area contributed by atoms with Gasteiger partial charge in [-0.25, -0.2) is 0 Å². The van der Waals surface area contributed by atoms with Crippen LogP contribution in [0.3, 0.4) is 0 Å². The van der Waals surface area contributed by atoms with Crippen LogP contribution >= 0.6 is 0 Å². The van der Waals surface area contributed by atoms with Gasteiger partial charge in [0.2, 0.25) is 5.91 Å². The van der Waals surface area contributed by atoms with E-state index in [1.165, 1.54) is 0 Å². The van der Waals surface area contributed by atoms with Gasteiger partial charge in [0.05, 0.1) is 12.2 Å². The van der Waals surface area contributed by atoms with Crippen molar-refractivity contribution in [1.82, 2.24) is 15.1 Å². The second kappa shape index (κ2) is 3.68. The average molecular weight is 207 g/mol. The Morgan fingerprint density at radius 3 is 2.87 bits per heavy atom. The van der Waals surface area contributed by atoms with Crippen molar-refractivity contribution in [3.05, 3.63) is 17.5 Å². The number of aromatic nitrogens is 2. The molecule has 1 aromatic heterocycles. The number of carbonyl (C=O) groups is 1. The third kappa shape index (κ3) is 2.19. The Balaban J connectivity index is 1.85. The molecule has 0 bridgehead atoms. The van der Waals surface area contributed by atoms with Gasteiger partial charge in [-0.2, -0.15) is 5.10 Å². The second-order valence-electron chi connectivity index (χ2n) is 4.44. The SMILES string of the molecule is Cc1cc(CNC(=O)C2CC2C)nn1C. The van der Waals surface area contributed by atoms with E-state index in [1.54, 1.807) is 0 Å². The maximum Gasteiger partial charge on any atom is 0.223 e. The normalized spacial score (nSPS) is 23.9. The van der Waals surface area contributed by atoms with Gasteiger partial charge in [-0.1, -0.05) is 6.92 Å². The number of aryl methyl sites for hydroxylation is 2. The third-order valence-corrected chi connectivity index (χ3v) is 3.05. The molecule has 2 atom stereocenters. The molecule has 15 heavy (non-hydrogen) atoms. The molecule has 0 spiro atoms. The molecule has 1 amide bonds. The molecule has 1 saturated carbocycles. The van der Waals surface area contributed by atoms with Crippen LogP contribution in [0.4, 0.5) is 0 Å². The summed E-state index contributed by atoms with van der Waals surface area (Å²) in [6.07, 6.45) is 1.03. The van der Waals surface area contributed by atoms with E-state index in [2.05, 4.69) is 17.3 Å². The van der Waals surface area contributed by atoms with Gasteiger partial charge in [0.1, 0.15) is 0 Å². The van der Waals surface area contributed by atoms with Crippen molar-refractivity contribution in [2.75, 3.05) is 0 Å². The lowest BCUT2D eigenvalue weighted by atomic mass is 10.3. The van der Waals surface area contributed by atoms with Crippen molar-refractivity contribution in [2.45, 2.75) is 26.8 Å². The summed E-state index contributed by atoms with van der Waals surface area (Å²) in [5.74, 6) is 0.982. The number of hydrogen-bond donors (Lipinski definition) is 1. The second-order valence-corrected chi connectivity index (χ2v) is 4.44. The first kappa shape index (κ1) is 10.2. The molecule has 82 valence electrons. The number of hydrogen-bond acceptors (Lipinski definition) is 2. The van der Waals surface area contributed by atoms with Crippen LogP contribution in [0, 0.1) is 18.8 Å². The fourth-order valence-corrected chi connectivity index (χ4v) is 1.72. The van der Waals surface area contributed by atoms with Crippen LogP contribution < -0.4 is 5.32 Å². The van der Waals surface area contributed by atoms with Crippen LogP contribution in [0.2, 0.25) is 0 Å². The molecule has 4 heteroatoms. The van der Waals surface area contributed by atoms with Gasteiger partial charge in [0.25, 0.3) is 0 Å². The van der Waals surface area contributed by atoms with Crippen molar-refractivity contribution in [1.29, 1.82) is 0 Å². The quantitative estimate of drug-likeness (QED) is 0.803. The minimum absolute atomic E-state index is 0.172. The minimum Gasteiger partial charge on any atom is -0.350 e. The molecule has 0 radical (unpaired) electrons. The molecule has 2 rings (SSSR count). The molecule has 1 heterocycles. The Labute approximate surface area is 89.7 Å². The molecule has 0 aliphatic heterocycles. The molecular formula is C11H17N3O. The zero-order valence-electron chi connectivity index (χ0n) is 9.45. The van der Waals surface area contributed by atoms with Crippen LogP contribution in [0.25, 0.3) is 0 Å². The summed E-state index contributed by atoms with van der Waals surface area (Å²) < 4.78 is 1.82. The molecular weight excluding hydrogens is 190 g/mol. The first-order valence-electron chi connectivity index (χ1n) is 5.35. The Kier molecular flexibility index (Phi) is 2.50. The number of rotatable bonds is 3. The Morgan fingerprint density at radius 2 is 2.40 bits per heavy atom. The molecule has 0 saturated heterocycles. The Morgan fingerprint density at radius 1 is 1.73 bits per heavy atom. The van der Waals surface area contributed by atoms with E-state index in [9.17, 15) is 4.79 Å². The van der Waals surface area contributed by atoms with Crippen LogP contribution in [0.15, 0.2) is 6.07 Å². The van der Waals surface area contributed by atoms with Crippen LogP contribution in [0.5, 0.6) is 0 Å². The third-order valence-electron chi connectivity index (χ3n) is 3.05. The standard InChI is InChI=1S/C11H17N3O/c1-7-4-10(7)11(15)12-6-9-5-8(2)14(3)13-9/h5,7,10H,4,6H2,1-3H3,(H,12,15). The Hall–Kier alpha value is -1.32. The summed E-state index contributed by atoms with van der Waals surface area (Å²) in [5.41, 5.74) is 2.04. The van der Waals surface area contributed by atoms with Gasteiger partial charge in [0, 0.05) is 18.7 Å². The highest BCUT2D eigenvalue weighted by Crippen LogP contribution is 2.37. The zero-order chi connectivity index (χ0) is 11.0. The summed E-state index contributed by atoms with van der Waals surface area (Å²) in [5, 5.41) is 7.20. The minimum atomic E-state index is 0.172. The molecule has 2 unspecified atom stereocenters. The molecule has 1 N–H and O–H groups in total. The largest absolute Gasteiger partial charge is 0.350 e. The maximum absolute atomic E-state index is 11.5. The summed E-state index contributed by atoms with van der Waals surface area (Å²) in [7, 11) is 1.91. The lowest BCUT2D eigenvalue weighted by Gasteiger charge is -2.00. The van der Waals surface area contributed by atoms with Crippen LogP contribution in [-0.2, 0) is 18.4 Å². The average Bonchev–Trinajstić information content (AvgIpc) is 2.82. The van der Waals surface area contributed by atoms with Crippen LogP contribution in [0.1, 0.15) is 24.7 Å². The number of nitrogens with zero attached hydrogens (tertiary/aromatic N) is 2. The summed E-state index contributed by atoms with van der Waals surface area (Å²) in [4.78, 5) is 11.5. The smallest absolute Gasteiger partial charge is 0.223 e. The predicted octanol–water partition coefficient (Wildman–Crippen LogP) is 1.00. The highest BCUT2D eigenvalue weighted by molar-refractivity contribution is 5.81. The highest BCUT2D eigenvalue weighted by Gasteiger charge is 2.38. The first-order valence-corrected chi connectivity index (χ1v) is 5.35. The first-order chi connectivity index (χ1) is 7.08. The lowest BCUT2D eigenvalue weighted by Crippen LogP contribution is -2.25. The van der Waals surface area contributed by atoms with Gasteiger partial charge in [0.15, 0.2) is 0 Å². The molecule has 1 aliphatic rings. The molecule has 1 aliphatic carbocycles. The van der Waals surface area contributed by atoms with Gasteiger partial charge in [-0.15, -0.1) is 0 Å². The fraction of sp³-hybridized carbons (Fsp3) is 0.636. The molecule has 1 fully saturated rings. The van der Waals surface area contributed by atoms with E-state index in [0.717, 1.165) is 17.8 Å². The van der Waals surface area contributed by atoms with Crippen molar-refractivity contribution in [3.8, 4) is 0 Å². The predicted molar refractivity (Wildman–Crippen MR) is 57.1 cm³/mol. The van der Waals surface area contributed by atoms with E-state index in [0.29, 0.717) is 12.5 Å². The monoisotopic (exact) mass is 207 g/mol. The van der Waals surface area contributed by atoms with Crippen LogP contribution in [-0.4, -0.2) is 15.7 Å². The number of carbonyl (C=O) groups excluding carboxylic acids is 1. The Bertz CT molecular complexity index is 364. The summed E-state index contributed by atoms with van der Waals surface area (Å²) in [6.45, 7) is 4.65. The van der Waals surface area contributed by atoms with Gasteiger partial charge >= 0.3 is 0 Å². The van der Waals surface area contributed by atoms with E-state index >= 15 is 0 Å². The zero-order valence-corrected chi connectivity index (χ0v) is 9.45. The lowest BCUT2D eigenvalue weighted by molar-refractivity contribution is -0.122. The van der Waals surface area contributed by atoms with Crippen molar-refractivity contribution >= 4 is 5.91 Å². The maximum atomic E-state index is 11.5. The highest BCUT2D eigenvalue weighted by atomic mass is 16.2. The van der Waals surface area contributed by atoms with Crippen molar-refractivity contribution in [2.24, 2.45) is 18.9 Å². The summed E-state index contributed by atoms with van der Waals surface area (Å²) in [6, 6.07) is 2.00. The fourth-order valence-electron chi connectivity index (χ4n) is 1.72. The topological polar surface area (TPSA) is 46.9 Å². The van der Waals surface area contributed by atoms with Gasteiger partial charge in [-0.3, -0.25) is 9.48 Å². The number of nitrogens with one attached hydrogen (secondary N) is 1. The van der Waals surface area contributed by atoms with Crippen molar-refractivity contribution in [3.63, 3.8) is 0 Å². The van der Waals surface area contributed by atoms with E-state index in [-0.39, 0.29) is 11.8 Å². The van der Waals surface area contributed by atoms with Crippen molar-refractivity contribution < 1.29 is 4.79 Å².